The van der Waals surface area contributed by atoms with Crippen molar-refractivity contribution in [1.29, 1.82) is 0 Å². The maximum atomic E-state index is 9.00. The Morgan fingerprint density at radius 3 is 1.08 bits per heavy atom. The molecule has 127 valence electrons. The zero-order valence-corrected chi connectivity index (χ0v) is 16.3. The van der Waals surface area contributed by atoms with Crippen molar-refractivity contribution in [3.8, 4) is 0 Å². The van der Waals surface area contributed by atoms with Crippen molar-refractivity contribution in [2.45, 2.75) is 6.92 Å². The normalized spacial score (nSPS) is 9.42. The number of hydrogen-bond acceptors (Lipinski definition) is 1. The van der Waals surface area contributed by atoms with E-state index in [-0.39, 0.29) is 22.4 Å². The van der Waals surface area contributed by atoms with E-state index in [1.807, 2.05) is 0 Å². The van der Waals surface area contributed by atoms with Crippen molar-refractivity contribution in [3.05, 3.63) is 91.0 Å². The molecule has 0 bridgehead atoms. The molecule has 0 unspecified atom stereocenters. The first-order valence-electron chi connectivity index (χ1n) is 7.33. The van der Waals surface area contributed by atoms with Crippen LogP contribution in [-0.2, 0) is 27.2 Å². The average molecular weight is 519 g/mol. The molecule has 3 aromatic rings. The summed E-state index contributed by atoms with van der Waals surface area (Å²) in [5.41, 5.74) is 0. The minimum atomic E-state index is -0.833. The molecule has 4 heteroatoms. The second kappa shape index (κ2) is 11.0. The van der Waals surface area contributed by atoms with Crippen molar-refractivity contribution in [1.82, 2.24) is 0 Å². The number of hydrogen-bond donors (Lipinski definition) is 1. The smallest absolute Gasteiger partial charge is 0.300 e. The summed E-state index contributed by atoms with van der Waals surface area (Å²) < 4.78 is 0. The number of benzene rings is 3. The molecular weight excluding hydrogens is 500 g/mol. The summed E-state index contributed by atoms with van der Waals surface area (Å²) in [6.45, 7) is 1.08. The van der Waals surface area contributed by atoms with E-state index in [9.17, 15) is 0 Å². The number of rotatable bonds is 3. The first kappa shape index (κ1) is 20.3. The molecule has 0 saturated carbocycles. The SMILES string of the molecule is CC(=O)O.[Au].c1ccc(P(c2ccccc2)c2ccccc2)cc1. The van der Waals surface area contributed by atoms with Crippen LogP contribution in [0.2, 0.25) is 0 Å². The van der Waals surface area contributed by atoms with Crippen LogP contribution in [0.5, 0.6) is 0 Å². The van der Waals surface area contributed by atoms with Crippen molar-refractivity contribution in [2.75, 3.05) is 0 Å². The van der Waals surface area contributed by atoms with Crippen LogP contribution in [0.4, 0.5) is 0 Å². The van der Waals surface area contributed by atoms with E-state index in [0.717, 1.165) is 6.92 Å². The van der Waals surface area contributed by atoms with Gasteiger partial charge in [0.15, 0.2) is 0 Å². The maximum absolute atomic E-state index is 9.00. The predicted octanol–water partition coefficient (Wildman–Crippen LogP) is 3.53. The van der Waals surface area contributed by atoms with E-state index < -0.39 is 13.9 Å². The van der Waals surface area contributed by atoms with Crippen LogP contribution in [0.1, 0.15) is 6.92 Å². The second-order valence-electron chi connectivity index (χ2n) is 4.86. The molecule has 0 fully saturated rings. The number of carbonyl (C=O) groups is 1. The molecule has 1 radical (unpaired) electrons. The Labute approximate surface area is 159 Å². The van der Waals surface area contributed by atoms with Gasteiger partial charge in [0.05, 0.1) is 0 Å². The Balaban J connectivity index is 0.000000522. The van der Waals surface area contributed by atoms with Gasteiger partial charge >= 0.3 is 0 Å². The summed E-state index contributed by atoms with van der Waals surface area (Å²) in [6.07, 6.45) is 0. The molecule has 0 aliphatic heterocycles. The molecule has 24 heavy (non-hydrogen) atoms. The third-order valence-corrected chi connectivity index (χ3v) is 5.49. The molecule has 3 rings (SSSR count). The first-order valence-corrected chi connectivity index (χ1v) is 8.67. The molecule has 0 spiro atoms. The van der Waals surface area contributed by atoms with Gasteiger partial charge in [0.25, 0.3) is 5.97 Å². The molecule has 0 aliphatic rings. The first-order chi connectivity index (χ1) is 11.2. The van der Waals surface area contributed by atoms with Gasteiger partial charge in [-0.15, -0.1) is 0 Å². The Bertz CT molecular complexity index is 620. The summed E-state index contributed by atoms with van der Waals surface area (Å²) in [5, 5.41) is 11.6. The fourth-order valence-electron chi connectivity index (χ4n) is 2.18. The van der Waals surface area contributed by atoms with E-state index in [0.29, 0.717) is 0 Å². The monoisotopic (exact) mass is 519 g/mol. The molecular formula is C20H19AuO2P. The van der Waals surface area contributed by atoms with Gasteiger partial charge in [0.1, 0.15) is 0 Å². The van der Waals surface area contributed by atoms with Gasteiger partial charge < -0.3 is 5.11 Å². The van der Waals surface area contributed by atoms with Crippen molar-refractivity contribution < 1.29 is 32.3 Å². The van der Waals surface area contributed by atoms with E-state index in [4.69, 9.17) is 9.90 Å². The van der Waals surface area contributed by atoms with Crippen molar-refractivity contribution in [2.24, 2.45) is 0 Å². The van der Waals surface area contributed by atoms with Crippen LogP contribution >= 0.6 is 7.92 Å². The van der Waals surface area contributed by atoms with E-state index in [1.165, 1.54) is 15.9 Å². The topological polar surface area (TPSA) is 37.3 Å². The van der Waals surface area contributed by atoms with Crippen molar-refractivity contribution in [3.63, 3.8) is 0 Å². The summed E-state index contributed by atoms with van der Waals surface area (Å²) in [4.78, 5) is 9.00. The molecule has 2 nitrogen and oxygen atoms in total. The van der Waals surface area contributed by atoms with E-state index >= 15 is 0 Å². The van der Waals surface area contributed by atoms with E-state index in [1.54, 1.807) is 0 Å². The molecule has 0 atom stereocenters. The standard InChI is InChI=1S/C18H15P.C2H4O2.Au/c1-4-10-16(11-5-1)19(17-12-6-2-7-13-17)18-14-8-3-9-15-18;1-2(3)4;/h1-15H;1H3,(H,3,4);. The molecule has 0 saturated heterocycles. The zero-order valence-electron chi connectivity index (χ0n) is 13.3. The Hall–Kier alpha value is -1.70. The Morgan fingerprint density at radius 1 is 0.667 bits per heavy atom. The third-order valence-electron chi connectivity index (χ3n) is 3.04. The minimum Gasteiger partial charge on any atom is -0.481 e. The predicted molar refractivity (Wildman–Crippen MR) is 98.5 cm³/mol. The van der Waals surface area contributed by atoms with Gasteiger partial charge in [-0.1, -0.05) is 91.0 Å². The molecule has 0 amide bonds. The van der Waals surface area contributed by atoms with Crippen LogP contribution < -0.4 is 15.9 Å². The molecule has 0 aliphatic carbocycles. The van der Waals surface area contributed by atoms with Crippen LogP contribution in [0.3, 0.4) is 0 Å². The van der Waals surface area contributed by atoms with Gasteiger partial charge in [0.2, 0.25) is 0 Å². The fraction of sp³-hybridized carbons (Fsp3) is 0.0500. The Kier molecular flexibility index (Phi) is 9.29. The molecule has 0 aromatic heterocycles. The minimum absolute atomic E-state index is 0. The molecule has 3 aromatic carbocycles. The van der Waals surface area contributed by atoms with Crippen LogP contribution in [0.15, 0.2) is 91.0 Å². The number of carboxylic acid groups (broad SMARTS) is 1. The average Bonchev–Trinajstić information content (AvgIpc) is 2.58. The summed E-state index contributed by atoms with van der Waals surface area (Å²) in [7, 11) is -0.446. The zero-order chi connectivity index (χ0) is 16.5. The van der Waals surface area contributed by atoms with Crippen molar-refractivity contribution >= 4 is 29.8 Å². The molecule has 0 heterocycles. The van der Waals surface area contributed by atoms with Gasteiger partial charge in [-0.05, 0) is 23.8 Å². The maximum Gasteiger partial charge on any atom is 0.300 e. The van der Waals surface area contributed by atoms with Crippen LogP contribution in [0.25, 0.3) is 0 Å². The van der Waals surface area contributed by atoms with Crippen LogP contribution in [-0.4, -0.2) is 11.1 Å². The molecule has 1 N–H and O–H groups in total. The van der Waals surface area contributed by atoms with Gasteiger partial charge in [-0.2, -0.15) is 0 Å². The fourth-order valence-corrected chi connectivity index (χ4v) is 4.48. The summed E-state index contributed by atoms with van der Waals surface area (Å²) >= 11 is 0. The summed E-state index contributed by atoms with van der Waals surface area (Å²) in [6, 6.07) is 32.3. The number of carboxylic acids is 1. The Morgan fingerprint density at radius 2 is 0.875 bits per heavy atom. The van der Waals surface area contributed by atoms with E-state index in [2.05, 4.69) is 91.0 Å². The van der Waals surface area contributed by atoms with Gasteiger partial charge in [0, 0.05) is 29.3 Å². The summed E-state index contributed by atoms with van der Waals surface area (Å²) in [5.74, 6) is -0.833. The number of aliphatic carboxylic acids is 1. The third kappa shape index (κ3) is 6.43. The van der Waals surface area contributed by atoms with Gasteiger partial charge in [-0.25, -0.2) is 0 Å². The van der Waals surface area contributed by atoms with Crippen LogP contribution in [0, 0.1) is 0 Å². The largest absolute Gasteiger partial charge is 0.481 e. The second-order valence-corrected chi connectivity index (χ2v) is 7.08. The van der Waals surface area contributed by atoms with Gasteiger partial charge in [-0.3, -0.25) is 4.79 Å². The quantitative estimate of drug-likeness (QED) is 0.425.